The third-order valence-corrected chi connectivity index (χ3v) is 24.7. The van der Waals surface area contributed by atoms with Gasteiger partial charge in [-0.3, -0.25) is 33.8 Å². The highest BCUT2D eigenvalue weighted by Crippen LogP contribution is 2.46. The van der Waals surface area contributed by atoms with E-state index < -0.39 is 161 Å². The van der Waals surface area contributed by atoms with Crippen molar-refractivity contribution in [1.29, 1.82) is 0 Å². The second-order valence-corrected chi connectivity index (χ2v) is 33.5. The molecule has 4 saturated heterocycles. The Labute approximate surface area is 684 Å². The summed E-state index contributed by atoms with van der Waals surface area (Å²) in [5, 5.41) is 11.5. The number of benzene rings is 1. The standard InChI is InChI=1S/C45H69N5O10.C42H59N3O11/c1-13-35-45(14-2)39(50(43(55)60-45)20-16-15-19-49-24-33(47-25-49)32-18-17-27(4)46-23-32)29(6)36(51)26(3)22-44(9,56-12)40(30(7)37(52)31(8)41(54)58-35)59-42-38(53)34(48(10)11)21-28(5)57-42;1-12-32-42(13-2,56-40(50)45-20-19-43-24-45)23-26(4)33(46)25(3)22-41(8,51-11)36(28(6)34(47)29(7)37(48)53-32)55-39-35(31(44(9)10)21-27(5)52-39)54-38(49)30-17-15-14-16-18-30/h17-18,23-26,28-31,34-35,38-40,42,53H,13-16,19-22H2,1-12H3;14-20,23-25,27-29,31-32,35-36,39H,12-13,21-22H2,1-11H3/b;26-23+/t26-,28-,29+,30+,31-,34+,35-,38-,39-,40-,42?,44+,45-;25-,27-,28+,29-,31+,32-,35-,36-,39?,41+,42+/m11/s1. The quantitative estimate of drug-likeness (QED) is 0.0350. The summed E-state index contributed by atoms with van der Waals surface area (Å²) in [5.74, 6) is -10.1. The normalized spacial score (nSPS) is 35.2. The van der Waals surface area contributed by atoms with Crippen LogP contribution >= 0.6 is 0 Å². The molecule has 1 amide bonds. The van der Waals surface area contributed by atoms with E-state index >= 15 is 0 Å². The number of nitrogens with zero attached hydrogens (tertiary/aromatic N) is 8. The van der Waals surface area contributed by atoms with Crippen LogP contribution in [0.5, 0.6) is 0 Å². The highest BCUT2D eigenvalue weighted by molar-refractivity contribution is 6.01. The predicted molar refractivity (Wildman–Crippen MR) is 429 cm³/mol. The van der Waals surface area contributed by atoms with Crippen molar-refractivity contribution < 1.29 is 100 Å². The lowest BCUT2D eigenvalue weighted by Gasteiger charge is -2.47. The van der Waals surface area contributed by atoms with Gasteiger partial charge in [0.1, 0.15) is 42.3 Å². The first-order chi connectivity index (χ1) is 54.7. The second-order valence-electron chi connectivity index (χ2n) is 33.5. The number of ether oxygens (including phenoxy) is 11. The fourth-order valence-corrected chi connectivity index (χ4v) is 17.7. The Kier molecular flexibility index (Phi) is 32.4. The number of methoxy groups -OCH3 is 2. The molecule has 1 aromatic carbocycles. The first kappa shape index (κ1) is 93.5. The van der Waals surface area contributed by atoms with Gasteiger partial charge in [0.2, 0.25) is 0 Å². The number of cyclic esters (lactones) is 2. The van der Waals surface area contributed by atoms with E-state index in [1.807, 2.05) is 109 Å². The summed E-state index contributed by atoms with van der Waals surface area (Å²) in [6, 6.07) is 11.1. The van der Waals surface area contributed by atoms with Crippen molar-refractivity contribution in [3.63, 3.8) is 0 Å². The molecule has 0 bridgehead atoms. The van der Waals surface area contributed by atoms with Crippen LogP contribution in [0, 0.1) is 48.3 Å². The van der Waals surface area contributed by atoms with Crippen LogP contribution in [0.3, 0.4) is 0 Å². The molecule has 9 rings (SSSR count). The molecule has 0 spiro atoms. The Morgan fingerprint density at radius 2 is 1.22 bits per heavy atom. The molecule has 5 aliphatic heterocycles. The summed E-state index contributed by atoms with van der Waals surface area (Å²) in [6.07, 6.45) is 4.36. The number of aliphatic hydroxyl groups excluding tert-OH is 1. The van der Waals surface area contributed by atoms with E-state index in [0.29, 0.717) is 44.3 Å². The lowest BCUT2D eigenvalue weighted by Crippen LogP contribution is -2.61. The number of aryl methyl sites for hydroxylation is 2. The van der Waals surface area contributed by atoms with Crippen molar-refractivity contribution in [2.24, 2.45) is 41.4 Å². The maximum atomic E-state index is 14.8. The first-order valence-electron chi connectivity index (χ1n) is 41.1. The van der Waals surface area contributed by atoms with E-state index in [-0.39, 0.29) is 80.0 Å². The smallest absolute Gasteiger partial charge is 0.420 e. The highest BCUT2D eigenvalue weighted by Gasteiger charge is 2.62. The predicted octanol–water partition coefficient (Wildman–Crippen LogP) is 11.4. The fourth-order valence-electron chi connectivity index (χ4n) is 17.7. The molecule has 8 heterocycles. The zero-order chi connectivity index (χ0) is 85.8. The lowest BCUT2D eigenvalue weighted by atomic mass is 9.72. The van der Waals surface area contributed by atoms with Crippen LogP contribution in [0.2, 0.25) is 0 Å². The molecule has 0 saturated carbocycles. The fraction of sp³-hybridized carbons (Fsp3) is 0.678. The van der Waals surface area contributed by atoms with Gasteiger partial charge in [-0.25, -0.2) is 28.9 Å². The number of amides is 1. The Bertz CT molecular complexity index is 4020. The van der Waals surface area contributed by atoms with Crippen LogP contribution in [-0.2, 0) is 87.4 Å². The van der Waals surface area contributed by atoms with Crippen molar-refractivity contribution in [3.8, 4) is 11.3 Å². The van der Waals surface area contributed by atoms with Gasteiger partial charge in [-0.1, -0.05) is 80.5 Å². The minimum Gasteiger partial charge on any atom is -0.457 e. The molecule has 29 heteroatoms. The van der Waals surface area contributed by atoms with E-state index in [1.54, 1.807) is 109 Å². The van der Waals surface area contributed by atoms with Gasteiger partial charge in [-0.05, 0) is 184 Å². The van der Waals surface area contributed by atoms with E-state index in [4.69, 9.17) is 52.1 Å². The number of aromatic nitrogens is 5. The molecule has 3 aromatic heterocycles. The molecule has 4 fully saturated rings. The van der Waals surface area contributed by atoms with Gasteiger partial charge in [0.25, 0.3) is 0 Å². The minimum absolute atomic E-state index is 0.0770. The summed E-state index contributed by atoms with van der Waals surface area (Å²) in [4.78, 5) is 145. The van der Waals surface area contributed by atoms with Crippen molar-refractivity contribution in [3.05, 3.63) is 103 Å². The first-order valence-corrected chi connectivity index (χ1v) is 41.1. The Morgan fingerprint density at radius 1 is 0.655 bits per heavy atom. The molecular formula is C87H128N8O21. The van der Waals surface area contributed by atoms with Gasteiger partial charge >= 0.3 is 30.1 Å². The van der Waals surface area contributed by atoms with Crippen molar-refractivity contribution >= 4 is 53.2 Å². The number of rotatable bonds is 21. The minimum atomic E-state index is -1.57. The van der Waals surface area contributed by atoms with Gasteiger partial charge in [0.05, 0.1) is 65.3 Å². The van der Waals surface area contributed by atoms with Crippen LogP contribution in [-0.4, -0.2) is 248 Å². The molecule has 116 heavy (non-hydrogen) atoms. The number of carbonyl (C=O) groups excluding carboxylic acids is 9. The number of likely N-dealkylation sites (N-methyl/N-ethyl adjacent to an activating group) is 2. The average Bonchev–Trinajstić information content (AvgIpc) is 1.56. The SMILES string of the molecule is CC[C@H]1OC(=O)[C@H](C)C(=O)[C@H](C)[C@@H](OC2O[C@H](C)C[C@H](N(C)C)[C@H]2O)[C@@](C)(OC)C[C@@H](C)C(=O)[C@H](C)[C@H]2N(CCCCn3cnc(-c4ccc(C)nc4)c3)C(=O)O[C@]12CC.CC[C@H]1OC(=O)[C@H](C)C(=O)[C@H](C)[C@@H](OC2O[C@H](C)C[C@H](N(C)C)[C@H]2OC(=O)c2ccccc2)[C@@](C)(OC)C[C@@H](C)C(=O)/C(C)=C/[C@]1(CC)OC(=O)n1ccnc1. The molecule has 4 aromatic rings. The summed E-state index contributed by atoms with van der Waals surface area (Å²) in [7, 11) is 10.5. The van der Waals surface area contributed by atoms with Crippen LogP contribution < -0.4 is 0 Å². The van der Waals surface area contributed by atoms with Crippen LogP contribution in [0.1, 0.15) is 191 Å². The number of carbonyl (C=O) groups is 9. The van der Waals surface area contributed by atoms with Gasteiger partial charge < -0.3 is 76.5 Å². The van der Waals surface area contributed by atoms with Gasteiger partial charge in [-0.15, -0.1) is 0 Å². The second kappa shape index (κ2) is 40.2. The van der Waals surface area contributed by atoms with Crippen molar-refractivity contribution in [2.45, 2.75) is 290 Å². The molecule has 24 atom stereocenters. The summed E-state index contributed by atoms with van der Waals surface area (Å²) >= 11 is 0. The monoisotopic (exact) mass is 1620 g/mol. The van der Waals surface area contributed by atoms with Crippen LogP contribution in [0.25, 0.3) is 11.3 Å². The number of unbranched alkanes of at least 4 members (excludes halogenated alkanes) is 1. The number of ketones is 4. The molecule has 642 valence electrons. The van der Waals surface area contributed by atoms with Crippen molar-refractivity contribution in [2.75, 3.05) is 49.0 Å². The summed E-state index contributed by atoms with van der Waals surface area (Å²) < 4.78 is 72.4. The van der Waals surface area contributed by atoms with Gasteiger partial charge in [-0.2, -0.15) is 0 Å². The van der Waals surface area contributed by atoms with Crippen LogP contribution in [0.4, 0.5) is 9.59 Å². The third-order valence-electron chi connectivity index (χ3n) is 24.7. The number of pyridine rings is 1. The van der Waals surface area contributed by atoms with Crippen molar-refractivity contribution in [1.82, 2.24) is 38.8 Å². The Balaban J connectivity index is 0.000000291. The van der Waals surface area contributed by atoms with Gasteiger partial charge in [0, 0.05) is 99.0 Å². The topological polar surface area (TPSA) is 334 Å². The molecule has 0 radical (unpaired) electrons. The Morgan fingerprint density at radius 3 is 1.75 bits per heavy atom. The molecule has 0 aliphatic carbocycles. The third kappa shape index (κ3) is 21.0. The zero-order valence-electron chi connectivity index (χ0n) is 72.3. The van der Waals surface area contributed by atoms with E-state index in [2.05, 4.69) is 15.0 Å². The number of fused-ring (bicyclic) bond motifs is 1. The number of imidazole rings is 2. The van der Waals surface area contributed by atoms with E-state index in [0.717, 1.165) is 21.5 Å². The molecule has 2 unspecified atom stereocenters. The largest absolute Gasteiger partial charge is 0.457 e. The lowest BCUT2D eigenvalue weighted by molar-refractivity contribution is -0.295. The average molecular weight is 1620 g/mol. The number of Topliss-reactive ketones (excluding diaryl/α,β-unsaturated/α-hetero) is 4. The molecular weight excluding hydrogens is 1490 g/mol. The number of allylic oxidation sites excluding steroid dienone is 1. The summed E-state index contributed by atoms with van der Waals surface area (Å²) in [6.45, 7) is 30.8. The zero-order valence-corrected chi connectivity index (χ0v) is 72.3. The number of hydrogen-bond donors (Lipinski definition) is 1. The van der Waals surface area contributed by atoms with Crippen LogP contribution in [0.15, 0.2) is 91.6 Å². The molecule has 5 aliphatic rings. The maximum absolute atomic E-state index is 14.8. The van der Waals surface area contributed by atoms with Gasteiger partial charge in [0.15, 0.2) is 47.2 Å². The molecule has 1 N–H and O–H groups in total. The Hall–Kier alpha value is -8.00. The number of hydrogen-bond acceptors (Lipinski definition) is 26. The molecule has 29 nitrogen and oxygen atoms in total. The number of aliphatic hydroxyl groups is 1. The van der Waals surface area contributed by atoms with E-state index in [1.165, 1.54) is 46.8 Å². The number of esters is 3. The van der Waals surface area contributed by atoms with E-state index in [9.17, 15) is 48.3 Å². The highest BCUT2D eigenvalue weighted by atomic mass is 16.7. The summed E-state index contributed by atoms with van der Waals surface area (Å²) in [5.41, 5.74) is -2.22. The maximum Gasteiger partial charge on any atom is 0.420 e.